The summed E-state index contributed by atoms with van der Waals surface area (Å²) in [6, 6.07) is 11.2. The summed E-state index contributed by atoms with van der Waals surface area (Å²) in [5, 5.41) is 0. The number of anilines is 2. The monoisotopic (exact) mass is 356 g/mol. The van der Waals surface area contributed by atoms with Crippen LogP contribution in [0.2, 0.25) is 0 Å². The van der Waals surface area contributed by atoms with Crippen molar-refractivity contribution in [1.29, 1.82) is 0 Å². The fourth-order valence-corrected chi connectivity index (χ4v) is 2.97. The second kappa shape index (κ2) is 5.72. The number of hydrogen-bond donors (Lipinski definition) is 2. The van der Waals surface area contributed by atoms with Gasteiger partial charge in [0.1, 0.15) is 5.75 Å². The number of para-hydroxylation sites is 2. The van der Waals surface area contributed by atoms with E-state index in [0.29, 0.717) is 21.6 Å². The van der Waals surface area contributed by atoms with Crippen LogP contribution in [0, 0.1) is 0 Å². The van der Waals surface area contributed by atoms with Crippen molar-refractivity contribution in [3.05, 3.63) is 46.9 Å². The van der Waals surface area contributed by atoms with Crippen LogP contribution in [0.15, 0.2) is 51.8 Å². The molecule has 7 heteroatoms. The first-order chi connectivity index (χ1) is 9.44. The summed E-state index contributed by atoms with van der Waals surface area (Å²) in [6.07, 6.45) is 0. The summed E-state index contributed by atoms with van der Waals surface area (Å²) in [6.45, 7) is 0. The van der Waals surface area contributed by atoms with Gasteiger partial charge in [-0.25, -0.2) is 8.42 Å². The SMILES string of the molecule is COc1ccccc1NS(=O)(=O)c1ccc(Br)c(N)c1. The first-order valence-electron chi connectivity index (χ1n) is 5.65. The lowest BCUT2D eigenvalue weighted by Gasteiger charge is -2.12. The molecule has 0 amide bonds. The molecule has 2 aromatic carbocycles. The lowest BCUT2D eigenvalue weighted by Crippen LogP contribution is -2.14. The standard InChI is InChI=1S/C13H13BrN2O3S/c1-19-13-5-3-2-4-12(13)16-20(17,18)9-6-7-10(14)11(15)8-9/h2-8,16H,15H2,1H3. The minimum Gasteiger partial charge on any atom is -0.495 e. The second-order valence-corrected chi connectivity index (χ2v) is 6.53. The Morgan fingerprint density at radius 3 is 2.55 bits per heavy atom. The molecule has 0 spiro atoms. The summed E-state index contributed by atoms with van der Waals surface area (Å²) >= 11 is 3.23. The largest absolute Gasteiger partial charge is 0.495 e. The van der Waals surface area contributed by atoms with Gasteiger partial charge in [-0.05, 0) is 46.3 Å². The molecule has 0 atom stereocenters. The Balaban J connectivity index is 2.38. The van der Waals surface area contributed by atoms with E-state index in [0.717, 1.165) is 0 Å². The predicted octanol–water partition coefficient (Wildman–Crippen LogP) is 2.84. The number of nitrogens with one attached hydrogen (secondary N) is 1. The number of hydrogen-bond acceptors (Lipinski definition) is 4. The highest BCUT2D eigenvalue weighted by Gasteiger charge is 2.17. The topological polar surface area (TPSA) is 81.4 Å². The molecule has 2 aromatic rings. The quantitative estimate of drug-likeness (QED) is 0.825. The highest BCUT2D eigenvalue weighted by Crippen LogP contribution is 2.28. The van der Waals surface area contributed by atoms with Crippen molar-refractivity contribution in [2.45, 2.75) is 4.90 Å². The summed E-state index contributed by atoms with van der Waals surface area (Å²) in [5.41, 5.74) is 6.43. The van der Waals surface area contributed by atoms with Crippen molar-refractivity contribution >= 4 is 37.3 Å². The van der Waals surface area contributed by atoms with Crippen LogP contribution in [0.3, 0.4) is 0 Å². The van der Waals surface area contributed by atoms with Crippen molar-refractivity contribution in [2.75, 3.05) is 17.6 Å². The first-order valence-corrected chi connectivity index (χ1v) is 7.92. The maximum absolute atomic E-state index is 12.3. The molecule has 3 N–H and O–H groups in total. The van der Waals surface area contributed by atoms with Crippen LogP contribution in [-0.2, 0) is 10.0 Å². The van der Waals surface area contributed by atoms with Gasteiger partial charge in [0.15, 0.2) is 0 Å². The number of nitrogen functional groups attached to an aromatic ring is 1. The molecule has 106 valence electrons. The van der Waals surface area contributed by atoms with Gasteiger partial charge in [-0.2, -0.15) is 0 Å². The number of rotatable bonds is 4. The summed E-state index contributed by atoms with van der Waals surface area (Å²) in [4.78, 5) is 0.0871. The van der Waals surface area contributed by atoms with Crippen LogP contribution in [0.25, 0.3) is 0 Å². The van der Waals surface area contributed by atoms with Crippen LogP contribution in [-0.4, -0.2) is 15.5 Å². The molecule has 0 saturated heterocycles. The zero-order valence-electron chi connectivity index (χ0n) is 10.6. The third-order valence-corrected chi connectivity index (χ3v) is 4.71. The van der Waals surface area contributed by atoms with Crippen molar-refractivity contribution in [2.24, 2.45) is 0 Å². The molecule has 0 aliphatic rings. The number of sulfonamides is 1. The molecule has 5 nitrogen and oxygen atoms in total. The minimum atomic E-state index is -3.72. The predicted molar refractivity (Wildman–Crippen MR) is 82.4 cm³/mol. The van der Waals surface area contributed by atoms with Crippen molar-refractivity contribution in [1.82, 2.24) is 0 Å². The fourth-order valence-electron chi connectivity index (χ4n) is 1.62. The Labute approximate surface area is 125 Å². The normalized spacial score (nSPS) is 11.1. The third-order valence-electron chi connectivity index (χ3n) is 2.63. The zero-order chi connectivity index (χ0) is 14.8. The van der Waals surface area contributed by atoms with Gasteiger partial charge < -0.3 is 10.5 Å². The van der Waals surface area contributed by atoms with E-state index in [-0.39, 0.29) is 4.90 Å². The number of ether oxygens (including phenoxy) is 1. The Morgan fingerprint density at radius 1 is 1.20 bits per heavy atom. The Kier molecular flexibility index (Phi) is 4.20. The number of halogens is 1. The molecule has 0 aromatic heterocycles. The average Bonchev–Trinajstić information content (AvgIpc) is 2.42. The Morgan fingerprint density at radius 2 is 1.90 bits per heavy atom. The van der Waals surface area contributed by atoms with Crippen LogP contribution >= 0.6 is 15.9 Å². The van der Waals surface area contributed by atoms with Crippen molar-refractivity contribution in [3.8, 4) is 5.75 Å². The van der Waals surface area contributed by atoms with E-state index in [2.05, 4.69) is 20.7 Å². The van der Waals surface area contributed by atoms with Crippen LogP contribution < -0.4 is 15.2 Å². The van der Waals surface area contributed by atoms with Gasteiger partial charge in [0.2, 0.25) is 0 Å². The molecule has 0 radical (unpaired) electrons. The van der Waals surface area contributed by atoms with Crippen molar-refractivity contribution in [3.63, 3.8) is 0 Å². The summed E-state index contributed by atoms with van der Waals surface area (Å²) in [5.74, 6) is 0.446. The van der Waals surface area contributed by atoms with Gasteiger partial charge in [-0.3, -0.25) is 4.72 Å². The molecule has 0 aliphatic heterocycles. The Bertz CT molecular complexity index is 732. The van der Waals surface area contributed by atoms with E-state index >= 15 is 0 Å². The van der Waals surface area contributed by atoms with E-state index in [1.807, 2.05) is 0 Å². The third kappa shape index (κ3) is 3.05. The Hall–Kier alpha value is -1.73. The highest BCUT2D eigenvalue weighted by molar-refractivity contribution is 9.10. The van der Waals surface area contributed by atoms with Gasteiger partial charge in [0.05, 0.1) is 17.7 Å². The molecule has 2 rings (SSSR count). The molecule has 0 aliphatic carbocycles. The van der Waals surface area contributed by atoms with Gasteiger partial charge in [0.25, 0.3) is 10.0 Å². The maximum Gasteiger partial charge on any atom is 0.262 e. The number of benzene rings is 2. The van der Waals surface area contributed by atoms with Gasteiger partial charge >= 0.3 is 0 Å². The molecular formula is C13H13BrN2O3S. The maximum atomic E-state index is 12.3. The molecule has 0 saturated carbocycles. The average molecular weight is 357 g/mol. The fraction of sp³-hybridized carbons (Fsp3) is 0.0769. The second-order valence-electron chi connectivity index (χ2n) is 3.99. The molecule has 0 fully saturated rings. The molecule has 20 heavy (non-hydrogen) atoms. The van der Waals surface area contributed by atoms with E-state index in [9.17, 15) is 8.42 Å². The molecule has 0 bridgehead atoms. The molecule has 0 heterocycles. The molecular weight excluding hydrogens is 344 g/mol. The smallest absolute Gasteiger partial charge is 0.262 e. The highest BCUT2D eigenvalue weighted by atomic mass is 79.9. The van der Waals surface area contributed by atoms with Crippen LogP contribution in [0.1, 0.15) is 0 Å². The number of nitrogens with two attached hydrogens (primary N) is 1. The van der Waals surface area contributed by atoms with E-state index < -0.39 is 10.0 Å². The first kappa shape index (κ1) is 14.7. The van der Waals surface area contributed by atoms with E-state index in [4.69, 9.17) is 10.5 Å². The zero-order valence-corrected chi connectivity index (χ0v) is 13.0. The molecule has 0 unspecified atom stereocenters. The van der Waals surface area contributed by atoms with Gasteiger partial charge in [-0.1, -0.05) is 12.1 Å². The van der Waals surface area contributed by atoms with Gasteiger partial charge in [-0.15, -0.1) is 0 Å². The summed E-state index contributed by atoms with van der Waals surface area (Å²) < 4.78 is 32.8. The lowest BCUT2D eigenvalue weighted by atomic mass is 10.3. The van der Waals surface area contributed by atoms with Crippen molar-refractivity contribution < 1.29 is 13.2 Å². The number of methoxy groups -OCH3 is 1. The minimum absolute atomic E-state index is 0.0871. The lowest BCUT2D eigenvalue weighted by molar-refractivity contribution is 0.417. The van der Waals surface area contributed by atoms with E-state index in [1.165, 1.54) is 19.2 Å². The van der Waals surface area contributed by atoms with Crippen LogP contribution in [0.5, 0.6) is 5.75 Å². The van der Waals surface area contributed by atoms with E-state index in [1.54, 1.807) is 30.3 Å². The van der Waals surface area contributed by atoms with Crippen LogP contribution in [0.4, 0.5) is 11.4 Å². The summed E-state index contributed by atoms with van der Waals surface area (Å²) in [7, 11) is -2.24. The van der Waals surface area contributed by atoms with Gasteiger partial charge in [0, 0.05) is 10.2 Å².